The summed E-state index contributed by atoms with van der Waals surface area (Å²) in [5.74, 6) is 0.0510. The van der Waals surface area contributed by atoms with Gasteiger partial charge in [-0.1, -0.05) is 48.5 Å². The van der Waals surface area contributed by atoms with Crippen LogP contribution in [0.1, 0.15) is 0 Å². The van der Waals surface area contributed by atoms with E-state index in [0.29, 0.717) is 22.6 Å². The number of hydrogen-bond donors (Lipinski definition) is 2. The number of para-hydroxylation sites is 2. The van der Waals surface area contributed by atoms with Crippen molar-refractivity contribution in [1.82, 2.24) is 9.78 Å². The Kier molecular flexibility index (Phi) is 4.37. The number of hydrogen-bond acceptors (Lipinski definition) is 4. The molecule has 0 atom stereocenters. The maximum atomic E-state index is 13.0. The fourth-order valence-electron chi connectivity index (χ4n) is 2.76. The number of nitrogens with one attached hydrogen (secondary N) is 1. The lowest BCUT2D eigenvalue weighted by atomic mass is 10.1. The molecule has 0 aliphatic carbocycles. The van der Waals surface area contributed by atoms with E-state index in [4.69, 9.17) is 0 Å². The van der Waals surface area contributed by atoms with Crippen LogP contribution >= 0.6 is 0 Å². The second-order valence-corrected chi connectivity index (χ2v) is 5.86. The van der Waals surface area contributed by atoms with Gasteiger partial charge in [-0.15, -0.1) is 5.11 Å². The van der Waals surface area contributed by atoms with Gasteiger partial charge in [-0.3, -0.25) is 9.89 Å². The molecule has 0 aliphatic rings. The van der Waals surface area contributed by atoms with E-state index in [1.807, 2.05) is 48.5 Å². The Morgan fingerprint density at radius 2 is 1.41 bits per heavy atom. The smallest absolute Gasteiger partial charge is 0.299 e. The third kappa shape index (κ3) is 3.28. The fourth-order valence-corrected chi connectivity index (χ4v) is 2.76. The summed E-state index contributed by atoms with van der Waals surface area (Å²) < 4.78 is 1.39. The molecule has 6 heteroatoms. The molecular formula is C21H16N4O2. The van der Waals surface area contributed by atoms with E-state index in [0.717, 1.165) is 0 Å². The maximum Gasteiger partial charge on any atom is 0.299 e. The zero-order valence-electron chi connectivity index (χ0n) is 14.3. The van der Waals surface area contributed by atoms with Gasteiger partial charge in [-0.05, 0) is 36.4 Å². The number of phenols is 1. The number of aromatic nitrogens is 2. The quantitative estimate of drug-likeness (QED) is 0.507. The van der Waals surface area contributed by atoms with Gasteiger partial charge >= 0.3 is 0 Å². The van der Waals surface area contributed by atoms with Crippen LogP contribution < -0.4 is 5.56 Å². The number of H-pyrrole nitrogens is 1. The van der Waals surface area contributed by atoms with E-state index in [-0.39, 0.29) is 17.0 Å². The fraction of sp³-hybridized carbons (Fsp3) is 0. The van der Waals surface area contributed by atoms with E-state index >= 15 is 0 Å². The van der Waals surface area contributed by atoms with Gasteiger partial charge in [-0.2, -0.15) is 5.11 Å². The van der Waals surface area contributed by atoms with Gasteiger partial charge in [0.1, 0.15) is 5.75 Å². The molecule has 3 aromatic carbocycles. The summed E-state index contributed by atoms with van der Waals surface area (Å²) in [6.45, 7) is 0. The average Bonchev–Trinajstić information content (AvgIpc) is 3.04. The van der Waals surface area contributed by atoms with Crippen LogP contribution in [0.3, 0.4) is 0 Å². The molecule has 0 fully saturated rings. The summed E-state index contributed by atoms with van der Waals surface area (Å²) in [7, 11) is 0. The molecule has 4 rings (SSSR count). The van der Waals surface area contributed by atoms with E-state index in [9.17, 15) is 9.90 Å². The first kappa shape index (κ1) is 16.5. The number of aromatic amines is 1. The lowest BCUT2D eigenvalue weighted by molar-refractivity contribution is 0.477. The lowest BCUT2D eigenvalue weighted by Crippen LogP contribution is -2.13. The number of nitrogens with zero attached hydrogens (tertiary/aromatic N) is 3. The van der Waals surface area contributed by atoms with Crippen molar-refractivity contribution in [3.63, 3.8) is 0 Å². The van der Waals surface area contributed by atoms with Crippen LogP contribution in [0.25, 0.3) is 16.9 Å². The van der Waals surface area contributed by atoms with Crippen LogP contribution in [0.15, 0.2) is 100.0 Å². The molecule has 0 unspecified atom stereocenters. The summed E-state index contributed by atoms with van der Waals surface area (Å²) in [4.78, 5) is 13.0. The normalized spacial score (nSPS) is 11.1. The predicted octanol–water partition coefficient (Wildman–Crippen LogP) is 4.95. The molecule has 6 nitrogen and oxygen atoms in total. The first-order valence-electron chi connectivity index (χ1n) is 8.39. The summed E-state index contributed by atoms with van der Waals surface area (Å²) in [5, 5.41) is 21.7. The summed E-state index contributed by atoms with van der Waals surface area (Å²) in [5.41, 5.74) is 1.96. The van der Waals surface area contributed by atoms with Crippen molar-refractivity contribution < 1.29 is 5.11 Å². The average molecular weight is 356 g/mol. The highest BCUT2D eigenvalue weighted by Gasteiger charge is 2.19. The molecule has 0 saturated carbocycles. The molecule has 0 radical (unpaired) electrons. The minimum Gasteiger partial charge on any atom is -0.507 e. The van der Waals surface area contributed by atoms with Crippen molar-refractivity contribution in [3.8, 4) is 22.7 Å². The predicted molar refractivity (Wildman–Crippen MR) is 104 cm³/mol. The Morgan fingerprint density at radius 3 is 2.11 bits per heavy atom. The molecule has 0 spiro atoms. The van der Waals surface area contributed by atoms with Crippen LogP contribution in [0.4, 0.5) is 11.4 Å². The Labute approximate surface area is 155 Å². The SMILES string of the molecule is O=c1c(N=Nc2ccccc2)c(-c2ccccc2O)[nH]n1-c1ccccc1. The number of phenolic OH excluding ortho intramolecular Hbond substituents is 1. The lowest BCUT2D eigenvalue weighted by Gasteiger charge is -2.03. The number of benzene rings is 3. The Hall–Kier alpha value is -3.93. The zero-order valence-corrected chi connectivity index (χ0v) is 14.3. The van der Waals surface area contributed by atoms with Crippen molar-refractivity contribution in [1.29, 1.82) is 0 Å². The van der Waals surface area contributed by atoms with Crippen molar-refractivity contribution >= 4 is 11.4 Å². The summed E-state index contributed by atoms with van der Waals surface area (Å²) in [6.07, 6.45) is 0. The molecular weight excluding hydrogens is 340 g/mol. The van der Waals surface area contributed by atoms with Crippen LogP contribution in [0.5, 0.6) is 5.75 Å². The standard InChI is InChI=1S/C21H16N4O2/c26-18-14-8-7-13-17(18)19-20(23-22-15-9-3-1-4-10-15)21(27)25(24-19)16-11-5-2-6-12-16/h1-14,24,26H. The molecule has 0 saturated heterocycles. The number of aromatic hydroxyl groups is 1. The second kappa shape index (κ2) is 7.13. The molecule has 4 aromatic rings. The number of azo groups is 1. The molecule has 2 N–H and O–H groups in total. The molecule has 0 aliphatic heterocycles. The maximum absolute atomic E-state index is 13.0. The van der Waals surface area contributed by atoms with Crippen LogP contribution in [0.2, 0.25) is 0 Å². The Bertz CT molecular complexity index is 1150. The topological polar surface area (TPSA) is 82.7 Å². The van der Waals surface area contributed by atoms with Gasteiger partial charge < -0.3 is 5.11 Å². The Balaban J connectivity index is 1.90. The van der Waals surface area contributed by atoms with E-state index in [2.05, 4.69) is 15.3 Å². The van der Waals surface area contributed by atoms with Crippen molar-refractivity contribution in [2.75, 3.05) is 0 Å². The first-order chi connectivity index (χ1) is 13.2. The van der Waals surface area contributed by atoms with Gasteiger partial charge in [0.25, 0.3) is 5.56 Å². The first-order valence-corrected chi connectivity index (χ1v) is 8.39. The van der Waals surface area contributed by atoms with E-state index < -0.39 is 0 Å². The van der Waals surface area contributed by atoms with Crippen LogP contribution in [-0.2, 0) is 0 Å². The molecule has 0 amide bonds. The van der Waals surface area contributed by atoms with Gasteiger partial charge in [0.2, 0.25) is 0 Å². The summed E-state index contributed by atoms with van der Waals surface area (Å²) >= 11 is 0. The minimum atomic E-state index is -0.348. The largest absolute Gasteiger partial charge is 0.507 e. The van der Waals surface area contributed by atoms with Crippen molar-refractivity contribution in [3.05, 3.63) is 95.3 Å². The van der Waals surface area contributed by atoms with Crippen LogP contribution in [-0.4, -0.2) is 14.9 Å². The zero-order chi connectivity index (χ0) is 18.6. The molecule has 27 heavy (non-hydrogen) atoms. The minimum absolute atomic E-state index is 0.0510. The third-order valence-corrected chi connectivity index (χ3v) is 4.08. The number of rotatable bonds is 4. The third-order valence-electron chi connectivity index (χ3n) is 4.08. The van der Waals surface area contributed by atoms with Gasteiger partial charge in [-0.25, -0.2) is 4.68 Å². The van der Waals surface area contributed by atoms with Gasteiger partial charge in [0.15, 0.2) is 5.69 Å². The van der Waals surface area contributed by atoms with E-state index in [1.54, 1.807) is 36.4 Å². The Morgan fingerprint density at radius 1 is 0.778 bits per heavy atom. The van der Waals surface area contributed by atoms with E-state index in [1.165, 1.54) is 4.68 Å². The summed E-state index contributed by atoms with van der Waals surface area (Å²) in [6, 6.07) is 25.1. The second-order valence-electron chi connectivity index (χ2n) is 5.86. The van der Waals surface area contributed by atoms with Crippen molar-refractivity contribution in [2.45, 2.75) is 0 Å². The molecule has 132 valence electrons. The molecule has 1 heterocycles. The highest BCUT2D eigenvalue weighted by atomic mass is 16.3. The van der Waals surface area contributed by atoms with Crippen LogP contribution in [0, 0.1) is 0 Å². The van der Waals surface area contributed by atoms with Crippen molar-refractivity contribution in [2.24, 2.45) is 10.2 Å². The molecule has 0 bridgehead atoms. The van der Waals surface area contributed by atoms with Gasteiger partial charge in [0.05, 0.1) is 17.1 Å². The highest BCUT2D eigenvalue weighted by Crippen LogP contribution is 2.33. The van der Waals surface area contributed by atoms with Gasteiger partial charge in [0, 0.05) is 5.56 Å². The monoisotopic (exact) mass is 356 g/mol. The highest BCUT2D eigenvalue weighted by molar-refractivity contribution is 5.76. The molecule has 1 aromatic heterocycles.